The van der Waals surface area contributed by atoms with Gasteiger partial charge in [0.2, 0.25) is 0 Å². The third kappa shape index (κ3) is 2.51. The van der Waals surface area contributed by atoms with Gasteiger partial charge in [-0.1, -0.05) is 19.1 Å². The van der Waals surface area contributed by atoms with E-state index >= 15 is 0 Å². The first-order valence-electron chi connectivity index (χ1n) is 6.66. The zero-order valence-electron chi connectivity index (χ0n) is 11.9. The van der Waals surface area contributed by atoms with Gasteiger partial charge < -0.3 is 10.5 Å². The van der Waals surface area contributed by atoms with Gasteiger partial charge in [-0.2, -0.15) is 0 Å². The SMILES string of the molecule is CCc1c(C(N)CC)nnn1-c1ccc(F)c(OC)c1. The Balaban J connectivity index is 2.50. The summed E-state index contributed by atoms with van der Waals surface area (Å²) in [6.07, 6.45) is 1.54. The number of ether oxygens (including phenoxy) is 1. The van der Waals surface area contributed by atoms with E-state index in [4.69, 9.17) is 10.5 Å². The molecule has 0 fully saturated rings. The number of aromatic nitrogens is 3. The molecule has 1 aromatic heterocycles. The molecule has 2 aromatic rings. The van der Waals surface area contributed by atoms with Crippen LogP contribution in [-0.2, 0) is 6.42 Å². The van der Waals surface area contributed by atoms with E-state index in [0.29, 0.717) is 5.69 Å². The Labute approximate surface area is 117 Å². The van der Waals surface area contributed by atoms with Gasteiger partial charge in [0.1, 0.15) is 5.69 Å². The van der Waals surface area contributed by atoms with Gasteiger partial charge >= 0.3 is 0 Å². The number of rotatable bonds is 5. The largest absolute Gasteiger partial charge is 0.494 e. The molecule has 0 bridgehead atoms. The molecule has 0 amide bonds. The molecule has 2 rings (SSSR count). The summed E-state index contributed by atoms with van der Waals surface area (Å²) in [6.45, 7) is 4.02. The molecular weight excluding hydrogens is 259 g/mol. The summed E-state index contributed by atoms with van der Waals surface area (Å²) < 4.78 is 20.1. The molecule has 1 atom stereocenters. The summed E-state index contributed by atoms with van der Waals surface area (Å²) in [5.41, 5.74) is 8.48. The quantitative estimate of drug-likeness (QED) is 0.912. The van der Waals surface area contributed by atoms with E-state index in [0.717, 1.165) is 24.2 Å². The monoisotopic (exact) mass is 278 g/mol. The Bertz CT molecular complexity index is 597. The Kier molecular flexibility index (Phi) is 4.34. The number of nitrogens with zero attached hydrogens (tertiary/aromatic N) is 3. The van der Waals surface area contributed by atoms with Crippen molar-refractivity contribution < 1.29 is 9.13 Å². The highest BCUT2D eigenvalue weighted by Gasteiger charge is 2.18. The lowest BCUT2D eigenvalue weighted by atomic mass is 10.1. The molecule has 108 valence electrons. The minimum atomic E-state index is -0.403. The van der Waals surface area contributed by atoms with Gasteiger partial charge in [0.25, 0.3) is 0 Å². The maximum Gasteiger partial charge on any atom is 0.165 e. The van der Waals surface area contributed by atoms with E-state index in [-0.39, 0.29) is 11.8 Å². The Morgan fingerprint density at radius 3 is 2.75 bits per heavy atom. The molecule has 1 aromatic carbocycles. The molecule has 0 saturated carbocycles. The van der Waals surface area contributed by atoms with Gasteiger partial charge in [0, 0.05) is 6.07 Å². The smallest absolute Gasteiger partial charge is 0.165 e. The predicted molar refractivity (Wildman–Crippen MR) is 74.5 cm³/mol. The normalized spacial score (nSPS) is 12.4. The molecule has 0 aliphatic carbocycles. The summed E-state index contributed by atoms with van der Waals surface area (Å²) >= 11 is 0. The summed E-state index contributed by atoms with van der Waals surface area (Å²) in [5, 5.41) is 8.31. The molecule has 0 spiro atoms. The van der Waals surface area contributed by atoms with Crippen LogP contribution in [0.4, 0.5) is 4.39 Å². The van der Waals surface area contributed by atoms with Crippen molar-refractivity contribution in [2.45, 2.75) is 32.7 Å². The number of nitrogens with two attached hydrogens (primary N) is 1. The zero-order chi connectivity index (χ0) is 14.7. The standard InChI is InChI=1S/C14H19FN4O/c1-4-11(16)14-12(5-2)19(18-17-14)9-6-7-10(15)13(8-9)20-3/h6-8,11H,4-5,16H2,1-3H3. The van der Waals surface area contributed by atoms with E-state index in [9.17, 15) is 4.39 Å². The van der Waals surface area contributed by atoms with E-state index in [1.807, 2.05) is 13.8 Å². The van der Waals surface area contributed by atoms with Crippen molar-refractivity contribution in [2.75, 3.05) is 7.11 Å². The van der Waals surface area contributed by atoms with E-state index in [1.165, 1.54) is 13.2 Å². The minimum Gasteiger partial charge on any atom is -0.494 e. The molecule has 0 aliphatic heterocycles. The highest BCUT2D eigenvalue weighted by atomic mass is 19.1. The first-order valence-corrected chi connectivity index (χ1v) is 6.66. The van der Waals surface area contributed by atoms with Crippen molar-refractivity contribution in [1.82, 2.24) is 15.0 Å². The van der Waals surface area contributed by atoms with Gasteiger partial charge in [0.15, 0.2) is 11.6 Å². The number of hydrogen-bond acceptors (Lipinski definition) is 4. The Hall–Kier alpha value is -1.95. The van der Waals surface area contributed by atoms with E-state index in [1.54, 1.807) is 16.8 Å². The summed E-state index contributed by atoms with van der Waals surface area (Å²) in [5.74, 6) is -0.221. The van der Waals surface area contributed by atoms with Crippen LogP contribution < -0.4 is 10.5 Å². The summed E-state index contributed by atoms with van der Waals surface area (Å²) in [4.78, 5) is 0. The van der Waals surface area contributed by atoms with Crippen LogP contribution in [0.1, 0.15) is 37.7 Å². The number of methoxy groups -OCH3 is 1. The predicted octanol–water partition coefficient (Wildman–Crippen LogP) is 2.39. The van der Waals surface area contributed by atoms with Gasteiger partial charge in [-0.3, -0.25) is 0 Å². The van der Waals surface area contributed by atoms with E-state index in [2.05, 4.69) is 10.3 Å². The molecule has 0 saturated heterocycles. The van der Waals surface area contributed by atoms with Gasteiger partial charge in [-0.05, 0) is 25.0 Å². The molecule has 1 heterocycles. The number of halogens is 1. The number of hydrogen-bond donors (Lipinski definition) is 1. The van der Waals surface area contributed by atoms with Crippen LogP contribution in [0, 0.1) is 5.82 Å². The average Bonchev–Trinajstić information content (AvgIpc) is 2.90. The summed E-state index contributed by atoms with van der Waals surface area (Å²) in [7, 11) is 1.43. The van der Waals surface area contributed by atoms with Crippen LogP contribution >= 0.6 is 0 Å². The molecule has 20 heavy (non-hydrogen) atoms. The summed E-state index contributed by atoms with van der Waals surface area (Å²) in [6, 6.07) is 4.47. The Morgan fingerprint density at radius 1 is 1.40 bits per heavy atom. The highest BCUT2D eigenvalue weighted by molar-refractivity contribution is 5.41. The average molecular weight is 278 g/mol. The van der Waals surface area contributed by atoms with Crippen LogP contribution in [0.25, 0.3) is 5.69 Å². The lowest BCUT2D eigenvalue weighted by molar-refractivity contribution is 0.386. The minimum absolute atomic E-state index is 0.138. The highest BCUT2D eigenvalue weighted by Crippen LogP contribution is 2.24. The first-order chi connectivity index (χ1) is 9.62. The second kappa shape index (κ2) is 6.00. The topological polar surface area (TPSA) is 66.0 Å². The molecule has 1 unspecified atom stereocenters. The van der Waals surface area contributed by atoms with Crippen LogP contribution in [0.15, 0.2) is 18.2 Å². The molecule has 0 radical (unpaired) electrons. The van der Waals surface area contributed by atoms with Crippen molar-refractivity contribution in [2.24, 2.45) is 5.73 Å². The molecule has 5 nitrogen and oxygen atoms in total. The van der Waals surface area contributed by atoms with Gasteiger partial charge in [-0.25, -0.2) is 9.07 Å². The van der Waals surface area contributed by atoms with Crippen LogP contribution in [0.3, 0.4) is 0 Å². The molecule has 2 N–H and O–H groups in total. The van der Waals surface area contributed by atoms with Crippen molar-refractivity contribution in [3.63, 3.8) is 0 Å². The third-order valence-corrected chi connectivity index (χ3v) is 3.30. The van der Waals surface area contributed by atoms with Crippen molar-refractivity contribution >= 4 is 0 Å². The van der Waals surface area contributed by atoms with Crippen LogP contribution in [0.5, 0.6) is 5.75 Å². The maximum absolute atomic E-state index is 13.5. The zero-order valence-corrected chi connectivity index (χ0v) is 11.9. The number of benzene rings is 1. The second-order valence-electron chi connectivity index (χ2n) is 4.52. The van der Waals surface area contributed by atoms with Crippen molar-refractivity contribution in [3.05, 3.63) is 35.4 Å². The Morgan fingerprint density at radius 2 is 2.15 bits per heavy atom. The molecule has 0 aliphatic rings. The fourth-order valence-electron chi connectivity index (χ4n) is 2.11. The maximum atomic E-state index is 13.5. The van der Waals surface area contributed by atoms with Crippen molar-refractivity contribution in [1.29, 1.82) is 0 Å². The second-order valence-corrected chi connectivity index (χ2v) is 4.52. The first kappa shape index (κ1) is 14.5. The van der Waals surface area contributed by atoms with Crippen LogP contribution in [-0.4, -0.2) is 22.1 Å². The fourth-order valence-corrected chi connectivity index (χ4v) is 2.11. The lowest BCUT2D eigenvalue weighted by Crippen LogP contribution is -2.12. The van der Waals surface area contributed by atoms with Gasteiger partial charge in [0.05, 0.1) is 24.5 Å². The van der Waals surface area contributed by atoms with Gasteiger partial charge in [-0.15, -0.1) is 5.10 Å². The van der Waals surface area contributed by atoms with Crippen molar-refractivity contribution in [3.8, 4) is 11.4 Å². The fraction of sp³-hybridized carbons (Fsp3) is 0.429. The molecular formula is C14H19FN4O. The lowest BCUT2D eigenvalue weighted by Gasteiger charge is -2.10. The van der Waals surface area contributed by atoms with E-state index < -0.39 is 5.82 Å². The van der Waals surface area contributed by atoms with Crippen LogP contribution in [0.2, 0.25) is 0 Å². The molecule has 6 heteroatoms. The third-order valence-electron chi connectivity index (χ3n) is 3.30.